The molecule has 210 valence electrons. The fraction of sp³-hybridized carbons (Fsp3) is 0.346. The zero-order chi connectivity index (χ0) is 28.9. The van der Waals surface area contributed by atoms with Crippen molar-refractivity contribution in [3.05, 3.63) is 65.7 Å². The summed E-state index contributed by atoms with van der Waals surface area (Å²) in [6.07, 6.45) is -0.909. The Labute approximate surface area is 230 Å². The van der Waals surface area contributed by atoms with Crippen molar-refractivity contribution in [2.75, 3.05) is 5.75 Å². The van der Waals surface area contributed by atoms with Crippen LogP contribution in [0.5, 0.6) is 5.75 Å². The molecule has 0 aliphatic carbocycles. The van der Waals surface area contributed by atoms with E-state index >= 15 is 0 Å². The molecule has 13 heteroatoms. The van der Waals surface area contributed by atoms with Crippen molar-refractivity contribution >= 4 is 42.3 Å². The predicted octanol–water partition coefficient (Wildman–Crippen LogP) is -0.162. The van der Waals surface area contributed by atoms with Crippen molar-refractivity contribution < 1.29 is 39.3 Å². The highest BCUT2D eigenvalue weighted by atomic mass is 32.1. The number of hydrogen-bond donors (Lipinski definition) is 8. The lowest BCUT2D eigenvalue weighted by Gasteiger charge is -2.25. The lowest BCUT2D eigenvalue weighted by Crippen LogP contribution is -2.58. The Hall–Kier alpha value is -4.10. The summed E-state index contributed by atoms with van der Waals surface area (Å²) in [5.41, 5.74) is 6.93. The molecule has 3 amide bonds. The molecule has 4 atom stereocenters. The molecular weight excluding hydrogens is 528 g/mol. The lowest BCUT2D eigenvalue weighted by atomic mass is 10.0. The van der Waals surface area contributed by atoms with Crippen LogP contribution in [0.4, 0.5) is 0 Å². The number of carboxylic acid groups (broad SMARTS) is 2. The number of carbonyl (C=O) groups excluding carboxylic acids is 3. The van der Waals surface area contributed by atoms with Crippen molar-refractivity contribution in [1.29, 1.82) is 0 Å². The fourth-order valence-corrected chi connectivity index (χ4v) is 3.74. The van der Waals surface area contributed by atoms with Crippen molar-refractivity contribution in [3.63, 3.8) is 0 Å². The van der Waals surface area contributed by atoms with Crippen molar-refractivity contribution in [2.45, 2.75) is 49.9 Å². The Balaban J connectivity index is 2.24. The van der Waals surface area contributed by atoms with E-state index in [1.807, 2.05) is 0 Å². The number of phenolic OH excluding ortho intramolecular Hbond substituents is 1. The van der Waals surface area contributed by atoms with E-state index in [-0.39, 0.29) is 30.8 Å². The largest absolute Gasteiger partial charge is 0.508 e. The van der Waals surface area contributed by atoms with Gasteiger partial charge in [-0.2, -0.15) is 12.6 Å². The van der Waals surface area contributed by atoms with Gasteiger partial charge in [0.1, 0.15) is 23.9 Å². The number of aliphatic carboxylic acids is 2. The number of carbonyl (C=O) groups is 5. The summed E-state index contributed by atoms with van der Waals surface area (Å²) in [5.74, 6) is -4.93. The quantitative estimate of drug-likeness (QED) is 0.136. The fourth-order valence-electron chi connectivity index (χ4n) is 3.57. The first-order valence-corrected chi connectivity index (χ1v) is 12.7. The van der Waals surface area contributed by atoms with Crippen LogP contribution in [0, 0.1) is 0 Å². The van der Waals surface area contributed by atoms with Crippen LogP contribution >= 0.6 is 12.6 Å². The first kappa shape index (κ1) is 31.1. The van der Waals surface area contributed by atoms with Crippen LogP contribution in [0.25, 0.3) is 0 Å². The molecule has 0 radical (unpaired) electrons. The van der Waals surface area contributed by atoms with Gasteiger partial charge in [0.15, 0.2) is 0 Å². The van der Waals surface area contributed by atoms with Crippen LogP contribution in [-0.2, 0) is 36.8 Å². The Kier molecular flexibility index (Phi) is 12.2. The predicted molar refractivity (Wildman–Crippen MR) is 144 cm³/mol. The van der Waals surface area contributed by atoms with Crippen LogP contribution in [0.2, 0.25) is 0 Å². The maximum absolute atomic E-state index is 13.3. The van der Waals surface area contributed by atoms with Crippen LogP contribution in [0.15, 0.2) is 54.6 Å². The number of hydrogen-bond acceptors (Lipinski definition) is 8. The van der Waals surface area contributed by atoms with Crippen LogP contribution in [0.3, 0.4) is 0 Å². The molecule has 2 aromatic carbocycles. The highest BCUT2D eigenvalue weighted by Crippen LogP contribution is 2.12. The van der Waals surface area contributed by atoms with Crippen LogP contribution in [0.1, 0.15) is 24.0 Å². The molecule has 12 nitrogen and oxygen atoms in total. The number of thiol groups is 1. The Morgan fingerprint density at radius 1 is 0.744 bits per heavy atom. The van der Waals surface area contributed by atoms with E-state index in [2.05, 4.69) is 28.6 Å². The monoisotopic (exact) mass is 560 g/mol. The van der Waals surface area contributed by atoms with E-state index < -0.39 is 60.2 Å². The van der Waals surface area contributed by atoms with E-state index in [0.717, 1.165) is 0 Å². The second-order valence-electron chi connectivity index (χ2n) is 8.80. The highest BCUT2D eigenvalue weighted by Gasteiger charge is 2.31. The Morgan fingerprint density at radius 3 is 1.82 bits per heavy atom. The average molecular weight is 561 g/mol. The molecule has 0 aliphatic rings. The molecule has 0 saturated carbocycles. The van der Waals surface area contributed by atoms with Gasteiger partial charge in [0.25, 0.3) is 0 Å². The molecule has 0 bridgehead atoms. The third kappa shape index (κ3) is 10.7. The molecule has 0 aliphatic heterocycles. The number of nitrogens with two attached hydrogens (primary N) is 1. The smallest absolute Gasteiger partial charge is 0.326 e. The molecule has 0 aromatic heterocycles. The van der Waals surface area contributed by atoms with E-state index in [9.17, 15) is 34.2 Å². The van der Waals surface area contributed by atoms with Crippen LogP contribution in [-0.4, -0.2) is 74.9 Å². The maximum Gasteiger partial charge on any atom is 0.326 e. The van der Waals surface area contributed by atoms with Gasteiger partial charge in [-0.25, -0.2) is 4.79 Å². The van der Waals surface area contributed by atoms with Gasteiger partial charge >= 0.3 is 11.9 Å². The molecular formula is C26H32N4O8S. The first-order valence-electron chi connectivity index (χ1n) is 12.0. The maximum atomic E-state index is 13.3. The SMILES string of the molecule is NC(CS)C(=O)NC(Cc1ccc(O)cc1)C(=O)NC(CCC(=O)O)C(=O)NC(Cc1ccccc1)C(=O)O. The summed E-state index contributed by atoms with van der Waals surface area (Å²) in [7, 11) is 0. The number of benzene rings is 2. The second-order valence-corrected chi connectivity index (χ2v) is 9.17. The topological polar surface area (TPSA) is 208 Å². The molecule has 0 spiro atoms. The van der Waals surface area contributed by atoms with E-state index in [1.54, 1.807) is 30.3 Å². The molecule has 2 aromatic rings. The van der Waals surface area contributed by atoms with Gasteiger partial charge in [-0.05, 0) is 29.7 Å². The van der Waals surface area contributed by atoms with Crippen molar-refractivity contribution in [1.82, 2.24) is 16.0 Å². The van der Waals surface area contributed by atoms with Crippen molar-refractivity contribution in [2.24, 2.45) is 5.73 Å². The minimum Gasteiger partial charge on any atom is -0.508 e. The summed E-state index contributed by atoms with van der Waals surface area (Å²) in [6, 6.07) is 9.43. The van der Waals surface area contributed by atoms with Gasteiger partial charge in [-0.15, -0.1) is 0 Å². The molecule has 4 unspecified atom stereocenters. The third-order valence-electron chi connectivity index (χ3n) is 5.72. The number of nitrogens with one attached hydrogen (secondary N) is 3. The van der Waals surface area contributed by atoms with Crippen LogP contribution < -0.4 is 21.7 Å². The van der Waals surface area contributed by atoms with Gasteiger partial charge in [-0.3, -0.25) is 19.2 Å². The second kappa shape index (κ2) is 15.3. The number of carboxylic acids is 2. The lowest BCUT2D eigenvalue weighted by molar-refractivity contribution is -0.143. The average Bonchev–Trinajstić information content (AvgIpc) is 2.91. The zero-order valence-corrected chi connectivity index (χ0v) is 21.8. The molecule has 8 N–H and O–H groups in total. The summed E-state index contributed by atoms with van der Waals surface area (Å²) >= 11 is 3.98. The molecule has 0 saturated heterocycles. The number of aromatic hydroxyl groups is 1. The Bertz CT molecular complexity index is 1150. The summed E-state index contributed by atoms with van der Waals surface area (Å²) < 4.78 is 0. The summed E-state index contributed by atoms with van der Waals surface area (Å²) in [6.45, 7) is 0. The number of amides is 3. The van der Waals surface area contributed by atoms with E-state index in [0.29, 0.717) is 11.1 Å². The van der Waals surface area contributed by atoms with Gasteiger partial charge in [0.2, 0.25) is 17.7 Å². The van der Waals surface area contributed by atoms with E-state index in [4.69, 9.17) is 10.8 Å². The minimum absolute atomic E-state index is 0.00101. The van der Waals surface area contributed by atoms with Gasteiger partial charge < -0.3 is 37.0 Å². The third-order valence-corrected chi connectivity index (χ3v) is 6.11. The van der Waals surface area contributed by atoms with Crippen molar-refractivity contribution in [3.8, 4) is 5.75 Å². The first-order chi connectivity index (χ1) is 18.5. The standard InChI is InChI=1S/C26H32N4O8S/c27-18(14-39)23(34)29-20(12-16-6-8-17(31)9-7-16)25(36)28-19(10-11-22(32)33)24(35)30-21(26(37)38)13-15-4-2-1-3-5-15/h1-9,18-21,31,39H,10-14,27H2,(H,28,36)(H,29,34)(H,30,35)(H,32,33)(H,37,38). The molecule has 39 heavy (non-hydrogen) atoms. The molecule has 0 fully saturated rings. The summed E-state index contributed by atoms with van der Waals surface area (Å²) in [5, 5.41) is 35.6. The van der Waals surface area contributed by atoms with Gasteiger partial charge in [0.05, 0.1) is 6.04 Å². The van der Waals surface area contributed by atoms with Gasteiger partial charge in [0, 0.05) is 25.0 Å². The minimum atomic E-state index is -1.41. The molecule has 2 rings (SSSR count). The number of phenols is 1. The summed E-state index contributed by atoms with van der Waals surface area (Å²) in [4.78, 5) is 61.8. The highest BCUT2D eigenvalue weighted by molar-refractivity contribution is 7.80. The molecule has 0 heterocycles. The van der Waals surface area contributed by atoms with Gasteiger partial charge in [-0.1, -0.05) is 42.5 Å². The van der Waals surface area contributed by atoms with E-state index in [1.165, 1.54) is 24.3 Å². The zero-order valence-electron chi connectivity index (χ0n) is 20.9. The number of rotatable bonds is 15. The Morgan fingerprint density at radius 2 is 1.26 bits per heavy atom. The normalized spacial score (nSPS) is 13.8.